The lowest BCUT2D eigenvalue weighted by molar-refractivity contribution is 0.828. The van der Waals surface area contributed by atoms with E-state index in [1.54, 1.807) is 6.92 Å². The summed E-state index contributed by atoms with van der Waals surface area (Å²) in [5.74, 6) is 1.00. The van der Waals surface area contributed by atoms with E-state index in [1.165, 1.54) is 0 Å². The van der Waals surface area contributed by atoms with Gasteiger partial charge in [-0.3, -0.25) is 0 Å². The number of anilines is 2. The maximum Gasteiger partial charge on any atom is 0.228 e. The third kappa shape index (κ3) is 3.71. The van der Waals surface area contributed by atoms with Crippen LogP contribution in [0.1, 0.15) is 36.7 Å². The molecule has 1 aromatic heterocycles. The van der Waals surface area contributed by atoms with Gasteiger partial charge in [0.25, 0.3) is 0 Å². The number of benzene rings is 1. The summed E-state index contributed by atoms with van der Waals surface area (Å²) in [6.45, 7) is 3.77. The molecule has 0 spiro atoms. The standard InChI is InChI=1S/C13H15Cl2N5/c1-7(14)11-18-12(16)20-13(19-11)17-8(2)9-3-5-10(15)6-4-9/h3-8H,1-2H3,(H3,16,17,18,19,20). The lowest BCUT2D eigenvalue weighted by Crippen LogP contribution is -2.13. The van der Waals surface area contributed by atoms with Crippen molar-refractivity contribution >= 4 is 35.1 Å². The van der Waals surface area contributed by atoms with E-state index in [0.29, 0.717) is 16.8 Å². The van der Waals surface area contributed by atoms with Crippen LogP contribution in [0.2, 0.25) is 5.02 Å². The van der Waals surface area contributed by atoms with Crippen molar-refractivity contribution < 1.29 is 0 Å². The van der Waals surface area contributed by atoms with Crippen molar-refractivity contribution in [2.24, 2.45) is 0 Å². The lowest BCUT2D eigenvalue weighted by atomic mass is 10.1. The molecule has 2 aromatic rings. The quantitative estimate of drug-likeness (QED) is 0.844. The number of nitrogens with zero attached hydrogens (tertiary/aromatic N) is 3. The summed E-state index contributed by atoms with van der Waals surface area (Å²) < 4.78 is 0. The molecule has 1 aromatic carbocycles. The topological polar surface area (TPSA) is 76.7 Å². The van der Waals surface area contributed by atoms with E-state index in [0.717, 1.165) is 5.56 Å². The molecule has 0 aliphatic rings. The van der Waals surface area contributed by atoms with Crippen molar-refractivity contribution in [3.8, 4) is 0 Å². The highest BCUT2D eigenvalue weighted by Crippen LogP contribution is 2.21. The molecule has 0 bridgehead atoms. The van der Waals surface area contributed by atoms with Gasteiger partial charge >= 0.3 is 0 Å². The lowest BCUT2D eigenvalue weighted by Gasteiger charge is -2.15. The van der Waals surface area contributed by atoms with E-state index in [4.69, 9.17) is 28.9 Å². The molecule has 20 heavy (non-hydrogen) atoms. The summed E-state index contributed by atoms with van der Waals surface area (Å²) in [6.07, 6.45) is 0. The van der Waals surface area contributed by atoms with Crippen LogP contribution in [0.5, 0.6) is 0 Å². The summed E-state index contributed by atoms with van der Waals surface area (Å²) in [5, 5.41) is 3.54. The predicted molar refractivity (Wildman–Crippen MR) is 82.0 cm³/mol. The van der Waals surface area contributed by atoms with Gasteiger partial charge in [-0.1, -0.05) is 23.7 Å². The van der Waals surface area contributed by atoms with Crippen molar-refractivity contribution in [1.29, 1.82) is 0 Å². The number of nitrogen functional groups attached to an aromatic ring is 1. The first kappa shape index (κ1) is 14.8. The molecule has 0 saturated carbocycles. The van der Waals surface area contributed by atoms with Gasteiger partial charge in [-0.25, -0.2) is 0 Å². The molecule has 2 atom stereocenters. The largest absolute Gasteiger partial charge is 0.368 e. The maximum atomic E-state index is 5.97. The van der Waals surface area contributed by atoms with E-state index < -0.39 is 0 Å². The average Bonchev–Trinajstić information content (AvgIpc) is 2.38. The Hall–Kier alpha value is -1.59. The van der Waals surface area contributed by atoms with Gasteiger partial charge in [-0.05, 0) is 31.5 Å². The first-order valence-electron chi connectivity index (χ1n) is 6.13. The Balaban J connectivity index is 2.18. The SMILES string of the molecule is CC(Cl)c1nc(N)nc(NC(C)c2ccc(Cl)cc2)n1. The number of nitrogens with two attached hydrogens (primary N) is 1. The van der Waals surface area contributed by atoms with E-state index in [2.05, 4.69) is 20.3 Å². The zero-order chi connectivity index (χ0) is 14.7. The van der Waals surface area contributed by atoms with Crippen LogP contribution in [0, 0.1) is 0 Å². The zero-order valence-electron chi connectivity index (χ0n) is 11.1. The number of hydrogen-bond donors (Lipinski definition) is 2. The van der Waals surface area contributed by atoms with E-state index in [9.17, 15) is 0 Å². The number of halogens is 2. The summed E-state index contributed by atoms with van der Waals surface area (Å²) in [5.41, 5.74) is 6.72. The minimum absolute atomic E-state index is 0.00699. The van der Waals surface area contributed by atoms with E-state index in [-0.39, 0.29) is 17.4 Å². The maximum absolute atomic E-state index is 5.97. The Bertz CT molecular complexity index is 586. The monoisotopic (exact) mass is 311 g/mol. The van der Waals surface area contributed by atoms with Crippen LogP contribution in [0.15, 0.2) is 24.3 Å². The highest BCUT2D eigenvalue weighted by Gasteiger charge is 2.12. The number of alkyl halides is 1. The predicted octanol–water partition coefficient (Wildman–Crippen LogP) is 3.58. The summed E-state index contributed by atoms with van der Waals surface area (Å²) in [4.78, 5) is 12.3. The third-order valence-electron chi connectivity index (χ3n) is 2.74. The first-order chi connectivity index (χ1) is 9.45. The molecule has 7 heteroatoms. The molecule has 0 fully saturated rings. The smallest absolute Gasteiger partial charge is 0.228 e. The summed E-state index contributed by atoms with van der Waals surface area (Å²) >= 11 is 11.8. The molecule has 2 unspecified atom stereocenters. The van der Waals surface area contributed by atoms with Crippen molar-refractivity contribution in [3.05, 3.63) is 40.7 Å². The Morgan fingerprint density at radius 3 is 2.35 bits per heavy atom. The summed E-state index contributed by atoms with van der Waals surface area (Å²) in [6, 6.07) is 7.56. The van der Waals surface area contributed by atoms with Crippen LogP contribution >= 0.6 is 23.2 Å². The van der Waals surface area contributed by atoms with E-state index in [1.807, 2.05) is 31.2 Å². The molecule has 0 amide bonds. The molecule has 0 radical (unpaired) electrons. The van der Waals surface area contributed by atoms with Gasteiger partial charge in [0, 0.05) is 5.02 Å². The van der Waals surface area contributed by atoms with Crippen molar-refractivity contribution in [2.45, 2.75) is 25.3 Å². The van der Waals surface area contributed by atoms with Crippen LogP contribution in [-0.2, 0) is 0 Å². The molecule has 0 saturated heterocycles. The average molecular weight is 312 g/mol. The van der Waals surface area contributed by atoms with Crippen molar-refractivity contribution in [1.82, 2.24) is 15.0 Å². The van der Waals surface area contributed by atoms with Gasteiger partial charge in [-0.2, -0.15) is 15.0 Å². The Morgan fingerprint density at radius 1 is 1.10 bits per heavy atom. The molecular formula is C13H15Cl2N5. The number of aromatic nitrogens is 3. The Kier molecular flexibility index (Phi) is 4.62. The second kappa shape index (κ2) is 6.24. The zero-order valence-corrected chi connectivity index (χ0v) is 12.7. The van der Waals surface area contributed by atoms with Crippen molar-refractivity contribution in [2.75, 3.05) is 11.1 Å². The number of rotatable bonds is 4. The van der Waals surface area contributed by atoms with Crippen LogP contribution in [0.4, 0.5) is 11.9 Å². The van der Waals surface area contributed by atoms with Crippen molar-refractivity contribution in [3.63, 3.8) is 0 Å². The van der Waals surface area contributed by atoms with Crippen LogP contribution < -0.4 is 11.1 Å². The third-order valence-corrected chi connectivity index (χ3v) is 3.19. The second-order valence-corrected chi connectivity index (χ2v) is 5.50. The summed E-state index contributed by atoms with van der Waals surface area (Å²) in [7, 11) is 0. The van der Waals surface area contributed by atoms with Gasteiger partial charge in [0.1, 0.15) is 0 Å². The fourth-order valence-electron chi connectivity index (χ4n) is 1.68. The second-order valence-electron chi connectivity index (χ2n) is 4.41. The van der Waals surface area contributed by atoms with Crippen LogP contribution in [0.25, 0.3) is 0 Å². The normalized spacial score (nSPS) is 13.8. The minimum Gasteiger partial charge on any atom is -0.368 e. The van der Waals surface area contributed by atoms with Gasteiger partial charge < -0.3 is 11.1 Å². The highest BCUT2D eigenvalue weighted by atomic mass is 35.5. The number of hydrogen-bond acceptors (Lipinski definition) is 5. The molecule has 106 valence electrons. The van der Waals surface area contributed by atoms with Crippen LogP contribution in [-0.4, -0.2) is 15.0 Å². The Labute approximate surface area is 127 Å². The van der Waals surface area contributed by atoms with Crippen LogP contribution in [0.3, 0.4) is 0 Å². The Morgan fingerprint density at radius 2 is 1.75 bits per heavy atom. The molecule has 3 N–H and O–H groups in total. The molecule has 5 nitrogen and oxygen atoms in total. The number of nitrogens with one attached hydrogen (secondary N) is 1. The molecule has 0 aliphatic heterocycles. The first-order valence-corrected chi connectivity index (χ1v) is 6.94. The minimum atomic E-state index is -0.327. The van der Waals surface area contributed by atoms with Gasteiger partial charge in [0.2, 0.25) is 11.9 Å². The molecule has 1 heterocycles. The fraction of sp³-hybridized carbons (Fsp3) is 0.308. The molecular weight excluding hydrogens is 297 g/mol. The van der Waals surface area contributed by atoms with E-state index >= 15 is 0 Å². The highest BCUT2D eigenvalue weighted by molar-refractivity contribution is 6.30. The van der Waals surface area contributed by atoms with Gasteiger partial charge in [0.15, 0.2) is 5.82 Å². The fourth-order valence-corrected chi connectivity index (χ4v) is 1.90. The molecule has 2 rings (SSSR count). The van der Waals surface area contributed by atoms with Gasteiger partial charge in [-0.15, -0.1) is 11.6 Å². The van der Waals surface area contributed by atoms with Gasteiger partial charge in [0.05, 0.1) is 11.4 Å². The molecule has 0 aliphatic carbocycles.